The van der Waals surface area contributed by atoms with Crippen LogP contribution in [0.4, 0.5) is 0 Å². The molecule has 3 aliphatic heterocycles. The SMILES string of the molecule is CC(=O)NC1C(CN)OC(OC=O)C(OC(CO)C(O)C2OC(OC=O)C(OC(CO)C(O)C3OC(O)(OC=O)CC(O)C3NC(C)=O)C(O)C2NC(C)=O)C1O. The highest BCUT2D eigenvalue weighted by molar-refractivity contribution is 5.74. The van der Waals surface area contributed by atoms with Crippen LogP contribution in [0.5, 0.6) is 0 Å². The summed E-state index contributed by atoms with van der Waals surface area (Å²) >= 11 is 0. The van der Waals surface area contributed by atoms with E-state index in [0.717, 1.165) is 20.8 Å². The van der Waals surface area contributed by atoms with E-state index in [0.29, 0.717) is 0 Å². The molecule has 3 saturated heterocycles. The molecule has 0 aliphatic carbocycles. The van der Waals surface area contributed by atoms with Gasteiger partial charge in [-0.05, 0) is 0 Å². The standard InChI is InChI=1S/C31H50N4O22/c1-11(41)33-18-14(44)4-31(49,52-10-40)57-26(18)22(46)17(7-37)54-28-24(48)20(35-13(3)43)25(56-30(28)51-9-39)21(45)16(6-36)53-27-23(47)19(34-12(2)42)15(5-32)55-29(27)50-8-38/h8-10,14-30,36-37,44-49H,4-7,32H2,1-3H3,(H,33,41)(H,34,42)(H,35,43). The summed E-state index contributed by atoms with van der Waals surface area (Å²) in [6.45, 7) is 0.129. The Labute approximate surface area is 323 Å². The second-order valence-corrected chi connectivity index (χ2v) is 13.3. The first-order valence-electron chi connectivity index (χ1n) is 17.4. The number of carbonyl (C=O) groups is 6. The lowest BCUT2D eigenvalue weighted by molar-refractivity contribution is -0.395. The fourth-order valence-electron chi connectivity index (χ4n) is 6.80. The average Bonchev–Trinajstić information content (AvgIpc) is 3.13. The highest BCUT2D eigenvalue weighted by Crippen LogP contribution is 2.34. The summed E-state index contributed by atoms with van der Waals surface area (Å²) in [5.41, 5.74) is 5.71. The Balaban J connectivity index is 1.96. The van der Waals surface area contributed by atoms with Crippen LogP contribution < -0.4 is 21.7 Å². The van der Waals surface area contributed by atoms with Crippen molar-refractivity contribution < 1.29 is 108 Å². The van der Waals surface area contributed by atoms with Crippen molar-refractivity contribution in [1.82, 2.24) is 16.0 Å². The van der Waals surface area contributed by atoms with Gasteiger partial charge >= 0.3 is 5.97 Å². The van der Waals surface area contributed by atoms with Gasteiger partial charge in [0.2, 0.25) is 30.3 Å². The van der Waals surface area contributed by atoms with Crippen molar-refractivity contribution >= 4 is 37.1 Å². The number of aliphatic hydroxyl groups excluding tert-OH is 7. The molecule has 3 heterocycles. The van der Waals surface area contributed by atoms with Gasteiger partial charge in [0.25, 0.3) is 19.4 Å². The second-order valence-electron chi connectivity index (χ2n) is 13.3. The van der Waals surface area contributed by atoms with Crippen LogP contribution in [0.1, 0.15) is 27.2 Å². The van der Waals surface area contributed by atoms with Gasteiger partial charge in [-0.3, -0.25) is 28.8 Å². The van der Waals surface area contributed by atoms with Crippen LogP contribution in [0.2, 0.25) is 0 Å². The van der Waals surface area contributed by atoms with Gasteiger partial charge < -0.3 is 100 Å². The van der Waals surface area contributed by atoms with Crippen LogP contribution in [-0.4, -0.2) is 208 Å². The molecule has 0 aromatic rings. The zero-order valence-corrected chi connectivity index (χ0v) is 30.7. The van der Waals surface area contributed by atoms with E-state index in [-0.39, 0.29) is 26.0 Å². The molecule has 3 amide bonds. The van der Waals surface area contributed by atoms with Crippen LogP contribution in [-0.2, 0) is 66.7 Å². The van der Waals surface area contributed by atoms with Crippen LogP contribution >= 0.6 is 0 Å². The molecule has 0 aromatic carbocycles. The molecule has 57 heavy (non-hydrogen) atoms. The third kappa shape index (κ3) is 11.7. The number of nitrogens with two attached hydrogens (primary N) is 1. The lowest BCUT2D eigenvalue weighted by Crippen LogP contribution is -2.70. The van der Waals surface area contributed by atoms with Crippen LogP contribution in [0.15, 0.2) is 0 Å². The minimum Gasteiger partial charge on any atom is -0.435 e. The second kappa shape index (κ2) is 21.3. The van der Waals surface area contributed by atoms with E-state index in [4.69, 9.17) is 38.9 Å². The Kier molecular flexibility index (Phi) is 17.8. The maximum Gasteiger partial charge on any atom is 0.329 e. The van der Waals surface area contributed by atoms with Crippen molar-refractivity contribution in [3.05, 3.63) is 0 Å². The van der Waals surface area contributed by atoms with Crippen molar-refractivity contribution in [2.75, 3.05) is 19.8 Å². The first-order valence-corrected chi connectivity index (χ1v) is 17.4. The fraction of sp³-hybridized carbons (Fsp3) is 0.806. The van der Waals surface area contributed by atoms with E-state index in [2.05, 4.69) is 20.7 Å². The van der Waals surface area contributed by atoms with Crippen molar-refractivity contribution in [3.8, 4) is 0 Å². The summed E-state index contributed by atoms with van der Waals surface area (Å²) in [5.74, 6) is -5.09. The summed E-state index contributed by atoms with van der Waals surface area (Å²) in [4.78, 5) is 70.2. The van der Waals surface area contributed by atoms with E-state index in [1.807, 2.05) is 0 Å². The number of rotatable bonds is 20. The van der Waals surface area contributed by atoms with Gasteiger partial charge in [0.05, 0.1) is 50.0 Å². The molecule has 26 heteroatoms. The Hall–Kier alpha value is -3.74. The Bertz CT molecular complexity index is 1370. The van der Waals surface area contributed by atoms with Crippen molar-refractivity contribution in [3.63, 3.8) is 0 Å². The monoisotopic (exact) mass is 830 g/mol. The zero-order chi connectivity index (χ0) is 42.8. The molecular formula is C31H50N4O22. The number of hydrogen-bond donors (Lipinski definition) is 12. The Morgan fingerprint density at radius 1 is 0.754 bits per heavy atom. The third-order valence-electron chi connectivity index (χ3n) is 9.27. The van der Waals surface area contributed by atoms with Crippen LogP contribution in [0, 0.1) is 0 Å². The molecule has 0 radical (unpaired) electrons. The summed E-state index contributed by atoms with van der Waals surface area (Å²) in [6, 6.07) is -4.58. The summed E-state index contributed by atoms with van der Waals surface area (Å²) < 4.78 is 42.5. The molecule has 3 rings (SSSR count). The van der Waals surface area contributed by atoms with Gasteiger partial charge in [-0.1, -0.05) is 0 Å². The van der Waals surface area contributed by atoms with Gasteiger partial charge in [0.1, 0.15) is 61.0 Å². The zero-order valence-electron chi connectivity index (χ0n) is 30.7. The van der Waals surface area contributed by atoms with E-state index in [1.165, 1.54) is 0 Å². The highest BCUT2D eigenvalue weighted by Gasteiger charge is 2.56. The molecule has 13 N–H and O–H groups in total. The normalized spacial score (nSPS) is 37.6. The quantitative estimate of drug-likeness (QED) is 0.0308. The number of carbonyl (C=O) groups excluding carboxylic acids is 6. The maximum absolute atomic E-state index is 12.4. The van der Waals surface area contributed by atoms with Gasteiger partial charge in [0, 0.05) is 27.3 Å². The molecule has 0 spiro atoms. The molecule has 18 atom stereocenters. The van der Waals surface area contributed by atoms with E-state index >= 15 is 0 Å². The molecule has 0 saturated carbocycles. The molecule has 26 nitrogen and oxygen atoms in total. The third-order valence-corrected chi connectivity index (χ3v) is 9.27. The topological polar surface area (TPSA) is 400 Å². The van der Waals surface area contributed by atoms with Gasteiger partial charge in [-0.2, -0.15) is 0 Å². The summed E-state index contributed by atoms with van der Waals surface area (Å²) in [7, 11) is 0. The number of aliphatic hydroxyl groups is 8. The van der Waals surface area contributed by atoms with Crippen molar-refractivity contribution in [1.29, 1.82) is 0 Å². The molecule has 0 bridgehead atoms. The maximum atomic E-state index is 12.4. The molecule has 0 aromatic heterocycles. The van der Waals surface area contributed by atoms with Crippen LogP contribution in [0.25, 0.3) is 0 Å². The van der Waals surface area contributed by atoms with Gasteiger partial charge in [-0.15, -0.1) is 0 Å². The number of amides is 3. The van der Waals surface area contributed by atoms with Gasteiger partial charge in [-0.25, -0.2) is 0 Å². The number of ether oxygens (including phenoxy) is 8. The minimum absolute atomic E-state index is 0.0579. The highest BCUT2D eigenvalue weighted by atomic mass is 16.8. The fourth-order valence-corrected chi connectivity index (χ4v) is 6.80. The molecular weight excluding hydrogens is 780 g/mol. The largest absolute Gasteiger partial charge is 0.435 e. The summed E-state index contributed by atoms with van der Waals surface area (Å²) in [6.07, 6.45) is -27.1. The van der Waals surface area contributed by atoms with E-state index < -0.39 is 147 Å². The lowest BCUT2D eigenvalue weighted by atomic mass is 9.89. The van der Waals surface area contributed by atoms with Crippen molar-refractivity contribution in [2.45, 2.75) is 137 Å². The molecule has 326 valence electrons. The first kappa shape index (κ1) is 47.6. The lowest BCUT2D eigenvalue weighted by Gasteiger charge is -2.49. The number of nitrogens with one attached hydrogen (secondary N) is 3. The van der Waals surface area contributed by atoms with E-state index in [9.17, 15) is 69.6 Å². The number of hydrogen-bond acceptors (Lipinski definition) is 23. The van der Waals surface area contributed by atoms with Crippen LogP contribution in [0.3, 0.4) is 0 Å². The van der Waals surface area contributed by atoms with E-state index in [1.54, 1.807) is 0 Å². The first-order chi connectivity index (χ1) is 26.9. The predicted octanol–water partition coefficient (Wildman–Crippen LogP) is -8.84. The molecule has 18 unspecified atom stereocenters. The predicted molar refractivity (Wildman–Crippen MR) is 177 cm³/mol. The Morgan fingerprint density at radius 2 is 1.21 bits per heavy atom. The minimum atomic E-state index is -2.85. The smallest absolute Gasteiger partial charge is 0.329 e. The summed E-state index contributed by atoms with van der Waals surface area (Å²) in [5, 5.41) is 94.7. The van der Waals surface area contributed by atoms with Gasteiger partial charge in [0.15, 0.2) is 0 Å². The molecule has 3 aliphatic rings. The van der Waals surface area contributed by atoms with Crippen molar-refractivity contribution in [2.24, 2.45) is 5.73 Å². The Morgan fingerprint density at radius 3 is 1.67 bits per heavy atom. The molecule has 3 fully saturated rings. The average molecular weight is 831 g/mol.